The maximum atomic E-state index is 11.8. The molecule has 0 atom stereocenters. The molecule has 5 nitrogen and oxygen atoms in total. The van der Waals surface area contributed by atoms with Crippen LogP contribution in [-0.2, 0) is 11.2 Å². The number of methoxy groups -OCH3 is 1. The number of carbonyl (C=O) groups is 2. The molecular weight excluding hydrogens is 284 g/mol. The third-order valence-corrected chi connectivity index (χ3v) is 3.21. The van der Waals surface area contributed by atoms with Gasteiger partial charge in [-0.25, -0.2) is 4.79 Å². The first-order valence-electron chi connectivity index (χ1n) is 6.99. The fourth-order valence-corrected chi connectivity index (χ4v) is 2.18. The minimum absolute atomic E-state index is 0.0388. The van der Waals surface area contributed by atoms with Crippen molar-refractivity contribution in [2.45, 2.75) is 20.3 Å². The zero-order valence-electron chi connectivity index (χ0n) is 12.8. The lowest BCUT2D eigenvalue weighted by Crippen LogP contribution is -2.02. The fraction of sp³-hybridized carbons (Fsp3) is 0.294. The Morgan fingerprint density at radius 1 is 1.23 bits per heavy atom. The Morgan fingerprint density at radius 2 is 1.95 bits per heavy atom. The molecule has 22 heavy (non-hydrogen) atoms. The summed E-state index contributed by atoms with van der Waals surface area (Å²) in [4.78, 5) is 23.5. The van der Waals surface area contributed by atoms with Gasteiger partial charge in [0.15, 0.2) is 5.78 Å². The molecule has 0 aliphatic heterocycles. The quantitative estimate of drug-likeness (QED) is 0.605. The highest BCUT2D eigenvalue weighted by molar-refractivity contribution is 5.98. The first kappa shape index (κ1) is 15.8. The van der Waals surface area contributed by atoms with Crippen LogP contribution in [0.4, 0.5) is 0 Å². The molecule has 1 heterocycles. The number of hydrogen-bond acceptors (Lipinski definition) is 5. The number of hydrogen-bond donors (Lipinski definition) is 0. The third kappa shape index (κ3) is 3.36. The molecule has 0 bridgehead atoms. The number of ether oxygens (including phenoxy) is 2. The minimum Gasteiger partial charge on any atom is -0.496 e. The Hall–Kier alpha value is -2.56. The van der Waals surface area contributed by atoms with E-state index in [-0.39, 0.29) is 18.2 Å². The highest BCUT2D eigenvalue weighted by Gasteiger charge is 2.21. The van der Waals surface area contributed by atoms with Gasteiger partial charge in [0.05, 0.1) is 19.3 Å². The van der Waals surface area contributed by atoms with E-state index in [2.05, 4.69) is 0 Å². The van der Waals surface area contributed by atoms with Gasteiger partial charge in [-0.2, -0.15) is 0 Å². The number of carbonyl (C=O) groups excluding carboxylic acids is 2. The molecule has 0 fully saturated rings. The van der Waals surface area contributed by atoms with Gasteiger partial charge in [0.1, 0.15) is 11.5 Å². The van der Waals surface area contributed by atoms with Crippen LogP contribution < -0.4 is 4.74 Å². The van der Waals surface area contributed by atoms with E-state index in [4.69, 9.17) is 13.9 Å². The van der Waals surface area contributed by atoms with Gasteiger partial charge < -0.3 is 13.9 Å². The zero-order chi connectivity index (χ0) is 16.1. The number of para-hydroxylation sites is 1. The van der Waals surface area contributed by atoms with Crippen LogP contribution in [-0.4, -0.2) is 25.5 Å². The Bertz CT molecular complexity index is 684. The number of furan rings is 1. The topological polar surface area (TPSA) is 65.7 Å². The van der Waals surface area contributed by atoms with Crippen LogP contribution in [0.15, 0.2) is 34.7 Å². The van der Waals surface area contributed by atoms with Crippen molar-refractivity contribution in [1.82, 2.24) is 0 Å². The van der Waals surface area contributed by atoms with Crippen LogP contribution in [0.1, 0.15) is 46.1 Å². The molecule has 0 saturated heterocycles. The molecule has 0 N–H and O–H groups in total. The van der Waals surface area contributed by atoms with E-state index >= 15 is 0 Å². The first-order chi connectivity index (χ1) is 10.6. The molecule has 0 spiro atoms. The molecule has 0 saturated carbocycles. The van der Waals surface area contributed by atoms with Crippen LogP contribution in [0.25, 0.3) is 0 Å². The second-order valence-corrected chi connectivity index (χ2v) is 4.71. The Labute approximate surface area is 128 Å². The lowest BCUT2D eigenvalue weighted by molar-refractivity contribution is 0.0488. The third-order valence-electron chi connectivity index (χ3n) is 3.21. The maximum absolute atomic E-state index is 11.8. The maximum Gasteiger partial charge on any atom is 0.374 e. The van der Waals surface area contributed by atoms with E-state index in [1.165, 1.54) is 13.0 Å². The molecular formula is C17H18O5. The predicted molar refractivity (Wildman–Crippen MR) is 80.5 cm³/mol. The summed E-state index contributed by atoms with van der Waals surface area (Å²) in [5.74, 6) is 0.434. The summed E-state index contributed by atoms with van der Waals surface area (Å²) in [5, 5.41) is 0. The number of Topliss-reactive ketones (excluding diaryl/α,β-unsaturated/α-hetero) is 1. The zero-order valence-corrected chi connectivity index (χ0v) is 12.8. The summed E-state index contributed by atoms with van der Waals surface area (Å²) in [5.41, 5.74) is 1.26. The average molecular weight is 302 g/mol. The molecule has 2 rings (SSSR count). The van der Waals surface area contributed by atoms with Gasteiger partial charge in [-0.15, -0.1) is 0 Å². The molecule has 0 unspecified atom stereocenters. The summed E-state index contributed by atoms with van der Waals surface area (Å²) in [6.45, 7) is 3.39. The number of ketones is 1. The minimum atomic E-state index is -0.573. The van der Waals surface area contributed by atoms with Crippen LogP contribution >= 0.6 is 0 Å². The summed E-state index contributed by atoms with van der Waals surface area (Å²) in [6, 6.07) is 8.89. The van der Waals surface area contributed by atoms with E-state index < -0.39 is 5.97 Å². The van der Waals surface area contributed by atoms with Gasteiger partial charge >= 0.3 is 5.97 Å². The van der Waals surface area contributed by atoms with E-state index in [0.717, 1.165) is 5.56 Å². The van der Waals surface area contributed by atoms with Crippen molar-refractivity contribution >= 4 is 11.8 Å². The van der Waals surface area contributed by atoms with Gasteiger partial charge in [0.25, 0.3) is 0 Å². The molecule has 0 radical (unpaired) electrons. The highest BCUT2D eigenvalue weighted by Crippen LogP contribution is 2.25. The molecule has 1 aromatic heterocycles. The molecule has 116 valence electrons. The van der Waals surface area contributed by atoms with Crippen LogP contribution in [0.3, 0.4) is 0 Å². The molecule has 0 aliphatic carbocycles. The SMILES string of the molecule is CCOC(=O)c1cc(C(C)=O)c(Cc2ccccc2OC)o1. The second kappa shape index (κ2) is 6.93. The molecule has 0 amide bonds. The number of rotatable bonds is 6. The van der Waals surface area contributed by atoms with Gasteiger partial charge in [-0.05, 0) is 19.9 Å². The van der Waals surface area contributed by atoms with Crippen molar-refractivity contribution in [3.63, 3.8) is 0 Å². The van der Waals surface area contributed by atoms with E-state index in [0.29, 0.717) is 23.5 Å². The summed E-state index contributed by atoms with van der Waals surface area (Å²) in [6.07, 6.45) is 0.359. The Morgan fingerprint density at radius 3 is 2.59 bits per heavy atom. The standard InChI is InChI=1S/C17H18O5/c1-4-21-17(19)16-10-13(11(2)18)15(22-16)9-12-7-5-6-8-14(12)20-3/h5-8,10H,4,9H2,1-3H3. The second-order valence-electron chi connectivity index (χ2n) is 4.71. The van der Waals surface area contributed by atoms with Gasteiger partial charge in [-0.3, -0.25) is 4.79 Å². The van der Waals surface area contributed by atoms with Crippen molar-refractivity contribution in [1.29, 1.82) is 0 Å². The summed E-state index contributed by atoms with van der Waals surface area (Å²) >= 11 is 0. The average Bonchev–Trinajstić information content (AvgIpc) is 2.92. The van der Waals surface area contributed by atoms with Crippen molar-refractivity contribution in [3.8, 4) is 5.75 Å². The first-order valence-corrected chi connectivity index (χ1v) is 6.99. The van der Waals surface area contributed by atoms with Crippen molar-refractivity contribution in [2.75, 3.05) is 13.7 Å². The fourth-order valence-electron chi connectivity index (χ4n) is 2.18. The molecule has 5 heteroatoms. The highest BCUT2D eigenvalue weighted by atomic mass is 16.5. The number of benzene rings is 1. The molecule has 1 aromatic carbocycles. The lowest BCUT2D eigenvalue weighted by atomic mass is 10.0. The Balaban J connectivity index is 2.37. The summed E-state index contributed by atoms with van der Waals surface area (Å²) < 4.78 is 15.7. The van der Waals surface area contributed by atoms with E-state index in [1.807, 2.05) is 24.3 Å². The van der Waals surface area contributed by atoms with Crippen molar-refractivity contribution in [2.24, 2.45) is 0 Å². The monoisotopic (exact) mass is 302 g/mol. The largest absolute Gasteiger partial charge is 0.496 e. The molecule has 2 aromatic rings. The van der Waals surface area contributed by atoms with Crippen molar-refractivity contribution in [3.05, 3.63) is 53.0 Å². The van der Waals surface area contributed by atoms with E-state index in [9.17, 15) is 9.59 Å². The van der Waals surface area contributed by atoms with Gasteiger partial charge in [-0.1, -0.05) is 18.2 Å². The van der Waals surface area contributed by atoms with Crippen LogP contribution in [0.5, 0.6) is 5.75 Å². The lowest BCUT2D eigenvalue weighted by Gasteiger charge is -2.07. The van der Waals surface area contributed by atoms with Crippen LogP contribution in [0.2, 0.25) is 0 Å². The number of esters is 1. The normalized spacial score (nSPS) is 10.3. The van der Waals surface area contributed by atoms with Gasteiger partial charge in [0, 0.05) is 18.1 Å². The Kier molecular flexibility index (Phi) is 4.99. The van der Waals surface area contributed by atoms with E-state index in [1.54, 1.807) is 14.0 Å². The summed E-state index contributed by atoms with van der Waals surface area (Å²) in [7, 11) is 1.58. The smallest absolute Gasteiger partial charge is 0.374 e. The predicted octanol–water partition coefficient (Wildman–Crippen LogP) is 3.26. The molecule has 0 aliphatic rings. The van der Waals surface area contributed by atoms with Crippen molar-refractivity contribution < 1.29 is 23.5 Å². The van der Waals surface area contributed by atoms with Gasteiger partial charge in [0.2, 0.25) is 5.76 Å². The van der Waals surface area contributed by atoms with Crippen LogP contribution in [0, 0.1) is 0 Å².